The zero-order valence-corrected chi connectivity index (χ0v) is 25.3. The molecule has 0 radical (unpaired) electrons. The summed E-state index contributed by atoms with van der Waals surface area (Å²) in [6.45, 7) is 24.0. The molecule has 0 aliphatic carbocycles. The summed E-state index contributed by atoms with van der Waals surface area (Å²) in [5.74, 6) is -0.391. The number of carbonyl (C=O) groups is 2. The molecule has 0 saturated carbocycles. The largest absolute Gasteiger partial charge is 0.507 e. The molecule has 0 atom stereocenters. The number of phenolic OH excluding ortho intramolecular Hbond substituents is 2. The quantitative estimate of drug-likeness (QED) is 0.292. The molecule has 1 amide bonds. The van der Waals surface area contributed by atoms with E-state index in [4.69, 9.17) is 4.74 Å². The lowest BCUT2D eigenvalue weighted by atomic mass is 9.78. The number of hydrogen-bond donors (Lipinski definition) is 3. The van der Waals surface area contributed by atoms with Gasteiger partial charge >= 0.3 is 5.97 Å². The Morgan fingerprint density at radius 3 is 1.26 bits per heavy atom. The maximum absolute atomic E-state index is 13.0. The predicted octanol–water partition coefficient (Wildman–Crippen LogP) is 6.87. The van der Waals surface area contributed by atoms with E-state index in [2.05, 4.69) is 5.32 Å². The number of ether oxygens (including phenoxy) is 1. The Labute approximate surface area is 228 Å². The molecule has 2 aromatic carbocycles. The summed E-state index contributed by atoms with van der Waals surface area (Å²) < 4.78 is 5.49. The third kappa shape index (κ3) is 7.30. The van der Waals surface area contributed by atoms with Crippen molar-refractivity contribution in [2.45, 2.75) is 105 Å². The molecule has 0 aliphatic heterocycles. The molecule has 0 heterocycles. The molecule has 0 aliphatic rings. The molecule has 0 unspecified atom stereocenters. The fourth-order valence-corrected chi connectivity index (χ4v) is 4.30. The van der Waals surface area contributed by atoms with Gasteiger partial charge in [0, 0.05) is 27.8 Å². The second-order valence-electron chi connectivity index (χ2n) is 14.2. The van der Waals surface area contributed by atoms with Crippen LogP contribution in [-0.2, 0) is 26.4 Å². The highest BCUT2D eigenvalue weighted by atomic mass is 16.5. The van der Waals surface area contributed by atoms with E-state index in [1.165, 1.54) is 0 Å². The molecule has 38 heavy (non-hydrogen) atoms. The summed E-state index contributed by atoms with van der Waals surface area (Å²) in [6.07, 6.45) is 0. The van der Waals surface area contributed by atoms with Gasteiger partial charge in [-0.15, -0.1) is 0 Å². The van der Waals surface area contributed by atoms with Crippen LogP contribution in [0.5, 0.6) is 11.5 Å². The lowest BCUT2D eigenvalue weighted by Gasteiger charge is -2.28. The molecular weight excluding hydrogens is 478 g/mol. The summed E-state index contributed by atoms with van der Waals surface area (Å²) in [6, 6.07) is 6.82. The molecule has 0 bridgehead atoms. The molecule has 2 rings (SSSR count). The lowest BCUT2D eigenvalue weighted by Crippen LogP contribution is -2.29. The van der Waals surface area contributed by atoms with Gasteiger partial charge in [0.15, 0.2) is 0 Å². The molecular formula is C32H47NO5. The van der Waals surface area contributed by atoms with Crippen molar-refractivity contribution in [3.8, 4) is 11.5 Å². The fraction of sp³-hybridized carbons (Fsp3) is 0.562. The van der Waals surface area contributed by atoms with Crippen LogP contribution < -0.4 is 5.32 Å². The number of benzene rings is 2. The van der Waals surface area contributed by atoms with Gasteiger partial charge in [0.1, 0.15) is 18.1 Å². The fourth-order valence-electron chi connectivity index (χ4n) is 4.30. The van der Waals surface area contributed by atoms with Crippen molar-refractivity contribution in [2.24, 2.45) is 0 Å². The minimum atomic E-state index is -0.509. The molecule has 3 N–H and O–H groups in total. The van der Waals surface area contributed by atoms with Crippen LogP contribution in [0.1, 0.15) is 126 Å². The molecule has 0 saturated heterocycles. The minimum absolute atomic E-state index is 0.00249. The van der Waals surface area contributed by atoms with Crippen LogP contribution in [0.4, 0.5) is 0 Å². The first-order chi connectivity index (χ1) is 17.0. The Morgan fingerprint density at radius 2 is 0.947 bits per heavy atom. The number of nitrogens with one attached hydrogen (secondary N) is 1. The topological polar surface area (TPSA) is 95.9 Å². The summed E-state index contributed by atoms with van der Waals surface area (Å²) in [5, 5.41) is 24.6. The average molecular weight is 526 g/mol. The van der Waals surface area contributed by atoms with Crippen molar-refractivity contribution in [1.82, 2.24) is 5.32 Å². The van der Waals surface area contributed by atoms with Gasteiger partial charge in [0.05, 0.1) is 12.1 Å². The van der Waals surface area contributed by atoms with E-state index >= 15 is 0 Å². The predicted molar refractivity (Wildman–Crippen MR) is 154 cm³/mol. The normalized spacial score (nSPS) is 12.8. The summed E-state index contributed by atoms with van der Waals surface area (Å²) in [5.41, 5.74) is 2.17. The second kappa shape index (κ2) is 10.6. The van der Waals surface area contributed by atoms with Gasteiger partial charge < -0.3 is 20.3 Å². The van der Waals surface area contributed by atoms with E-state index < -0.39 is 5.97 Å². The standard InChI is InChI=1S/C32H47NO5/c1-29(2,3)21-15-19(16-22(25(21)34)30(4,5)6)27(36)33-13-14-38-28(37)20-17-23(31(7,8)9)26(35)24(18-20)32(10,11)12/h15-18,34-35H,13-14H2,1-12H3,(H,33,36). The molecule has 0 spiro atoms. The van der Waals surface area contributed by atoms with Crippen LogP contribution in [0.3, 0.4) is 0 Å². The molecule has 210 valence electrons. The van der Waals surface area contributed by atoms with E-state index in [0.717, 1.165) is 0 Å². The molecule has 2 aromatic rings. The van der Waals surface area contributed by atoms with Crippen molar-refractivity contribution in [2.75, 3.05) is 13.2 Å². The van der Waals surface area contributed by atoms with Gasteiger partial charge in [0.25, 0.3) is 5.91 Å². The lowest BCUT2D eigenvalue weighted by molar-refractivity contribution is 0.0502. The third-order valence-corrected chi connectivity index (χ3v) is 6.57. The highest BCUT2D eigenvalue weighted by Gasteiger charge is 2.29. The van der Waals surface area contributed by atoms with Crippen LogP contribution in [0.15, 0.2) is 24.3 Å². The highest BCUT2D eigenvalue weighted by Crippen LogP contribution is 2.41. The van der Waals surface area contributed by atoms with E-state index in [9.17, 15) is 19.8 Å². The maximum atomic E-state index is 13.0. The Kier molecular flexibility index (Phi) is 8.72. The van der Waals surface area contributed by atoms with Gasteiger partial charge in [0.2, 0.25) is 0 Å². The summed E-state index contributed by atoms with van der Waals surface area (Å²) >= 11 is 0. The number of esters is 1. The smallest absolute Gasteiger partial charge is 0.338 e. The van der Waals surface area contributed by atoms with Crippen molar-refractivity contribution < 1.29 is 24.5 Å². The highest BCUT2D eigenvalue weighted by molar-refractivity contribution is 5.95. The van der Waals surface area contributed by atoms with E-state index in [1.54, 1.807) is 24.3 Å². The van der Waals surface area contributed by atoms with Crippen molar-refractivity contribution in [3.63, 3.8) is 0 Å². The van der Waals surface area contributed by atoms with Gasteiger partial charge in [-0.2, -0.15) is 0 Å². The van der Waals surface area contributed by atoms with Gasteiger partial charge in [-0.25, -0.2) is 4.79 Å². The van der Waals surface area contributed by atoms with Crippen LogP contribution in [0, 0.1) is 0 Å². The second-order valence-corrected chi connectivity index (χ2v) is 14.2. The third-order valence-electron chi connectivity index (χ3n) is 6.57. The van der Waals surface area contributed by atoms with Gasteiger partial charge in [-0.05, 0) is 45.9 Å². The Bertz CT molecular complexity index is 1030. The van der Waals surface area contributed by atoms with Crippen LogP contribution >= 0.6 is 0 Å². The Balaban J connectivity index is 2.20. The Morgan fingerprint density at radius 1 is 0.632 bits per heavy atom. The molecule has 6 heteroatoms. The zero-order valence-electron chi connectivity index (χ0n) is 25.3. The van der Waals surface area contributed by atoms with Crippen molar-refractivity contribution in [1.29, 1.82) is 0 Å². The molecule has 6 nitrogen and oxygen atoms in total. The van der Waals surface area contributed by atoms with E-state index in [1.807, 2.05) is 83.1 Å². The molecule has 0 aromatic heterocycles. The summed E-state index contributed by atoms with van der Waals surface area (Å²) in [4.78, 5) is 25.9. The number of carbonyl (C=O) groups excluding carboxylic acids is 2. The van der Waals surface area contributed by atoms with Crippen LogP contribution in [0.25, 0.3) is 0 Å². The number of rotatable bonds is 5. The zero-order chi connectivity index (χ0) is 29.4. The molecule has 0 fully saturated rings. The first kappa shape index (κ1) is 31.2. The van der Waals surface area contributed by atoms with E-state index in [-0.39, 0.29) is 52.2 Å². The SMILES string of the molecule is CC(C)(C)c1cc(C(=O)NCCOC(=O)c2cc(C(C)(C)C)c(O)c(C(C)(C)C)c2)cc(C(C)(C)C)c1O. The monoisotopic (exact) mass is 525 g/mol. The number of amides is 1. The van der Waals surface area contributed by atoms with Gasteiger partial charge in [-0.3, -0.25) is 4.79 Å². The van der Waals surface area contributed by atoms with Crippen molar-refractivity contribution in [3.05, 3.63) is 57.6 Å². The number of hydrogen-bond acceptors (Lipinski definition) is 5. The van der Waals surface area contributed by atoms with Crippen LogP contribution in [0.2, 0.25) is 0 Å². The summed E-state index contributed by atoms with van der Waals surface area (Å²) in [7, 11) is 0. The van der Waals surface area contributed by atoms with Gasteiger partial charge in [-0.1, -0.05) is 83.1 Å². The average Bonchev–Trinajstić information content (AvgIpc) is 2.73. The number of aromatic hydroxyl groups is 2. The Hall–Kier alpha value is -3.02. The first-order valence-corrected chi connectivity index (χ1v) is 13.3. The van der Waals surface area contributed by atoms with Crippen molar-refractivity contribution >= 4 is 11.9 Å². The maximum Gasteiger partial charge on any atom is 0.338 e. The minimum Gasteiger partial charge on any atom is -0.507 e. The number of phenols is 2. The first-order valence-electron chi connectivity index (χ1n) is 13.3. The van der Waals surface area contributed by atoms with E-state index in [0.29, 0.717) is 33.4 Å². The van der Waals surface area contributed by atoms with Crippen LogP contribution in [-0.4, -0.2) is 35.2 Å².